The molecule has 4 heteroatoms. The first kappa shape index (κ1) is 13.4. The van der Waals surface area contributed by atoms with Crippen LogP contribution >= 0.6 is 0 Å². The fraction of sp³-hybridized carbons (Fsp3) is 0.100. The van der Waals surface area contributed by atoms with E-state index in [9.17, 15) is 14.3 Å². The summed E-state index contributed by atoms with van der Waals surface area (Å²) >= 11 is 0. The summed E-state index contributed by atoms with van der Waals surface area (Å²) in [6, 6.07) is 5.60. The molecule has 1 aromatic rings. The zero-order valence-corrected chi connectivity index (χ0v) is 10.1. The Balaban J connectivity index is 0.00000169. The van der Waals surface area contributed by atoms with Gasteiger partial charge in [-0.15, -0.1) is 0 Å². The van der Waals surface area contributed by atoms with Crippen molar-refractivity contribution in [1.82, 2.24) is 0 Å². The molecule has 0 fully saturated rings. The number of carboxylic acid groups (broad SMARTS) is 1. The molecule has 0 aliphatic heterocycles. The van der Waals surface area contributed by atoms with Gasteiger partial charge in [-0.3, -0.25) is 0 Å². The SMILES string of the molecule is CC(=CC(=O)[O-])c1ccc(F)cc1.[Na+]. The largest absolute Gasteiger partial charge is 1.00 e. The Bertz CT molecular complexity index is 344. The Hall–Kier alpha value is -0.640. The fourth-order valence-corrected chi connectivity index (χ4v) is 0.973. The first-order valence-corrected chi connectivity index (χ1v) is 3.75. The van der Waals surface area contributed by atoms with E-state index in [0.717, 1.165) is 6.08 Å². The van der Waals surface area contributed by atoms with E-state index in [1.54, 1.807) is 6.92 Å². The summed E-state index contributed by atoms with van der Waals surface area (Å²) in [7, 11) is 0. The quantitative estimate of drug-likeness (QED) is 0.410. The summed E-state index contributed by atoms with van der Waals surface area (Å²) in [4.78, 5) is 10.2. The standard InChI is InChI=1S/C10H9FO2.Na/c1-7(6-10(12)13)8-2-4-9(11)5-3-8;/h2-6H,1H3,(H,12,13);/q;+1/p-1. The molecular formula is C10H8FNaO2. The van der Waals surface area contributed by atoms with E-state index in [2.05, 4.69) is 0 Å². The van der Waals surface area contributed by atoms with Crippen molar-refractivity contribution in [2.45, 2.75) is 6.92 Å². The minimum absolute atomic E-state index is 0. The maximum absolute atomic E-state index is 12.5. The molecule has 0 aliphatic rings. The Labute approximate surface area is 104 Å². The zero-order chi connectivity index (χ0) is 9.84. The van der Waals surface area contributed by atoms with Gasteiger partial charge in [-0.05, 0) is 36.3 Å². The molecule has 2 nitrogen and oxygen atoms in total. The number of carboxylic acids is 1. The van der Waals surface area contributed by atoms with Gasteiger partial charge >= 0.3 is 29.6 Å². The van der Waals surface area contributed by atoms with E-state index in [-0.39, 0.29) is 35.4 Å². The predicted molar refractivity (Wildman–Crippen MR) is 45.1 cm³/mol. The molecule has 1 aromatic carbocycles. The molecule has 0 radical (unpaired) electrons. The van der Waals surface area contributed by atoms with Gasteiger partial charge in [-0.1, -0.05) is 12.1 Å². The molecule has 0 spiro atoms. The molecule has 0 bridgehead atoms. The van der Waals surface area contributed by atoms with Gasteiger partial charge in [0.05, 0.1) is 5.97 Å². The van der Waals surface area contributed by atoms with Gasteiger partial charge in [0.15, 0.2) is 0 Å². The normalized spacial score (nSPS) is 10.6. The van der Waals surface area contributed by atoms with Crippen LogP contribution in [0.15, 0.2) is 30.3 Å². The van der Waals surface area contributed by atoms with E-state index >= 15 is 0 Å². The smallest absolute Gasteiger partial charge is 0.545 e. The second-order valence-corrected chi connectivity index (χ2v) is 2.65. The van der Waals surface area contributed by atoms with Crippen LogP contribution in [-0.2, 0) is 4.79 Å². The van der Waals surface area contributed by atoms with Crippen molar-refractivity contribution in [3.05, 3.63) is 41.7 Å². The molecule has 0 aliphatic carbocycles. The molecule has 0 aromatic heterocycles. The van der Waals surface area contributed by atoms with Gasteiger partial charge in [0.25, 0.3) is 0 Å². The molecule has 0 heterocycles. The van der Waals surface area contributed by atoms with Gasteiger partial charge in [-0.2, -0.15) is 0 Å². The molecule has 0 N–H and O–H groups in total. The van der Waals surface area contributed by atoms with Crippen LogP contribution in [0.2, 0.25) is 0 Å². The van der Waals surface area contributed by atoms with Crippen LogP contribution in [0.25, 0.3) is 5.57 Å². The summed E-state index contributed by atoms with van der Waals surface area (Å²) in [5.41, 5.74) is 1.21. The van der Waals surface area contributed by atoms with Gasteiger partial charge in [0.2, 0.25) is 0 Å². The third-order valence-electron chi connectivity index (χ3n) is 1.63. The molecule has 1 rings (SSSR count). The van der Waals surface area contributed by atoms with Crippen molar-refractivity contribution < 1.29 is 43.8 Å². The van der Waals surface area contributed by atoms with E-state index in [1.165, 1.54) is 24.3 Å². The Morgan fingerprint density at radius 1 is 1.36 bits per heavy atom. The number of rotatable bonds is 2. The first-order valence-electron chi connectivity index (χ1n) is 3.75. The first-order chi connectivity index (χ1) is 6.09. The van der Waals surface area contributed by atoms with Crippen LogP contribution in [0.1, 0.15) is 12.5 Å². The minimum Gasteiger partial charge on any atom is -0.545 e. The van der Waals surface area contributed by atoms with E-state index in [1.807, 2.05) is 0 Å². The number of carbonyl (C=O) groups is 1. The number of aliphatic carboxylic acids is 1. The van der Waals surface area contributed by atoms with Crippen molar-refractivity contribution in [2.75, 3.05) is 0 Å². The number of hydrogen-bond donors (Lipinski definition) is 0. The van der Waals surface area contributed by atoms with Crippen LogP contribution in [0, 0.1) is 5.82 Å². The van der Waals surface area contributed by atoms with Gasteiger partial charge in [0.1, 0.15) is 5.82 Å². The number of allylic oxidation sites excluding steroid dienone is 1. The van der Waals surface area contributed by atoms with Crippen molar-refractivity contribution in [1.29, 1.82) is 0 Å². The van der Waals surface area contributed by atoms with Crippen molar-refractivity contribution in [3.63, 3.8) is 0 Å². The molecule has 14 heavy (non-hydrogen) atoms. The van der Waals surface area contributed by atoms with Crippen molar-refractivity contribution in [3.8, 4) is 0 Å². The molecule has 0 unspecified atom stereocenters. The molecule has 0 saturated heterocycles. The molecule has 0 atom stereocenters. The van der Waals surface area contributed by atoms with E-state index in [0.29, 0.717) is 11.1 Å². The Morgan fingerprint density at radius 3 is 2.29 bits per heavy atom. The maximum Gasteiger partial charge on any atom is 1.00 e. The average molecular weight is 202 g/mol. The molecule has 0 saturated carbocycles. The average Bonchev–Trinajstić information content (AvgIpc) is 2.04. The van der Waals surface area contributed by atoms with Crippen molar-refractivity contribution >= 4 is 11.5 Å². The summed E-state index contributed by atoms with van der Waals surface area (Å²) < 4.78 is 12.5. The van der Waals surface area contributed by atoms with E-state index in [4.69, 9.17) is 0 Å². The molecule has 0 amide bonds. The predicted octanol–water partition coefficient (Wildman–Crippen LogP) is -2.02. The van der Waals surface area contributed by atoms with Crippen LogP contribution in [0.3, 0.4) is 0 Å². The third-order valence-corrected chi connectivity index (χ3v) is 1.63. The summed E-state index contributed by atoms with van der Waals surface area (Å²) in [6.07, 6.45) is 0.979. The minimum atomic E-state index is -1.25. The summed E-state index contributed by atoms with van der Waals surface area (Å²) in [5.74, 6) is -1.59. The van der Waals surface area contributed by atoms with Crippen LogP contribution in [0.5, 0.6) is 0 Å². The zero-order valence-electron chi connectivity index (χ0n) is 8.08. The van der Waals surface area contributed by atoms with Gasteiger partial charge in [0, 0.05) is 0 Å². The summed E-state index contributed by atoms with van der Waals surface area (Å²) in [6.45, 7) is 1.63. The number of carbonyl (C=O) groups excluding carboxylic acids is 1. The fourth-order valence-electron chi connectivity index (χ4n) is 0.973. The second kappa shape index (κ2) is 5.96. The Morgan fingerprint density at radius 2 is 1.86 bits per heavy atom. The van der Waals surface area contributed by atoms with Gasteiger partial charge in [-0.25, -0.2) is 4.39 Å². The summed E-state index contributed by atoms with van der Waals surface area (Å²) in [5, 5.41) is 10.2. The van der Waals surface area contributed by atoms with Crippen LogP contribution in [-0.4, -0.2) is 5.97 Å². The maximum atomic E-state index is 12.5. The van der Waals surface area contributed by atoms with Crippen LogP contribution in [0.4, 0.5) is 4.39 Å². The number of hydrogen-bond acceptors (Lipinski definition) is 2. The monoisotopic (exact) mass is 202 g/mol. The van der Waals surface area contributed by atoms with Gasteiger partial charge < -0.3 is 9.90 Å². The van der Waals surface area contributed by atoms with E-state index < -0.39 is 5.97 Å². The third kappa shape index (κ3) is 4.05. The van der Waals surface area contributed by atoms with Crippen molar-refractivity contribution in [2.24, 2.45) is 0 Å². The van der Waals surface area contributed by atoms with Crippen LogP contribution < -0.4 is 34.7 Å². The molecule has 68 valence electrons. The second-order valence-electron chi connectivity index (χ2n) is 2.65. The number of halogens is 1. The molecular weight excluding hydrogens is 194 g/mol. The Kier molecular flexibility index (Phi) is 5.69. The number of benzene rings is 1. The topological polar surface area (TPSA) is 40.1 Å².